The standard InChI is InChI=1S/C44H28N4.C10H9N3.C2H4O2.2CH4O.Yb/c1-5-13-29(14-6-1)41-33-21-23-35(45-33)42(30-15-7-2-8-16-30)37-25-27-39(47-37)44(32-19-11-4-12-20-32)40-28-26-38(48-40)43(31-17-9-3-10-18-31)36-24-22-34(41)46-36;1-3-7-11-9(5-1)13-10-6-2-4-8-12-10;1-2(3)4;2*1-2;/h1-28H;1-8H,(H,11,12,13);1H3,(H,3,4);2*2H,1H3;/p-1. The number of rotatable bonds is 6. The Balaban J connectivity index is 0.000000307. The number of nitrogens with zero attached hydrogens (tertiary/aromatic N) is 6. The fourth-order valence-electron chi connectivity index (χ4n) is 7.69. The van der Waals surface area contributed by atoms with Crippen LogP contribution >= 0.6 is 0 Å². The van der Waals surface area contributed by atoms with E-state index in [1.54, 1.807) is 12.4 Å². The number of aromatic nitrogens is 6. The zero-order valence-corrected chi connectivity index (χ0v) is 40.2. The molecule has 0 aliphatic carbocycles. The van der Waals surface area contributed by atoms with Gasteiger partial charge in [-0.2, -0.15) is 0 Å². The van der Waals surface area contributed by atoms with Gasteiger partial charge in [-0.15, -0.1) is 0 Å². The zero-order chi connectivity index (χ0) is 48.4. The van der Waals surface area contributed by atoms with E-state index in [-0.39, 0.29) is 46.9 Å². The number of aliphatic hydroxyl groups excluding tert-OH is 2. The first kappa shape index (κ1) is 51.9. The summed E-state index contributed by atoms with van der Waals surface area (Å²) in [5, 5.41) is 26.0. The molecule has 4 aromatic carbocycles. The van der Waals surface area contributed by atoms with E-state index in [9.17, 15) is 0 Å². The summed E-state index contributed by atoms with van der Waals surface area (Å²) in [6.07, 6.45) is 3.48. The molecule has 1 aliphatic rings. The maximum absolute atomic E-state index is 8.89. The summed E-state index contributed by atoms with van der Waals surface area (Å²) in [5.74, 6) is 4.44. The first-order valence-electron chi connectivity index (χ1n) is 21.9. The van der Waals surface area contributed by atoms with Gasteiger partial charge >= 0.3 is 0 Å². The third kappa shape index (κ3) is 13.0. The van der Waals surface area contributed by atoms with Gasteiger partial charge in [0.15, 0.2) is 0 Å². The number of benzene rings is 4. The van der Waals surface area contributed by atoms with E-state index in [4.69, 9.17) is 40.1 Å². The molecule has 0 atom stereocenters. The van der Waals surface area contributed by atoms with Crippen molar-refractivity contribution in [3.05, 3.63) is 310 Å². The van der Waals surface area contributed by atoms with Gasteiger partial charge in [-0.1, -0.05) is 12.1 Å². The van der Waals surface area contributed by atoms with Gasteiger partial charge < -0.3 is 45.4 Å². The normalized spacial score (nSPS) is 11.1. The number of fused-ring (bicyclic) bond motifs is 8. The van der Waals surface area contributed by atoms with E-state index in [1.165, 1.54) is 0 Å². The molecule has 0 amide bonds. The Kier molecular flexibility index (Phi) is 19.5. The van der Waals surface area contributed by atoms with Gasteiger partial charge in [0.2, 0.25) is 0 Å². The Labute approximate surface area is 447 Å². The van der Waals surface area contributed by atoms with Crippen LogP contribution in [0.1, 0.15) is 74.7 Å². The molecule has 70 heavy (non-hydrogen) atoms. The number of carbonyl (C=O) groups excluding carboxylic acids is 1. The van der Waals surface area contributed by atoms with Crippen LogP contribution in [0.3, 0.4) is 0 Å². The van der Waals surface area contributed by atoms with Gasteiger partial charge in [0.25, 0.3) is 0 Å². The average Bonchev–Trinajstić information content (AvgIpc) is 4.26. The Bertz CT molecular complexity index is 2590. The van der Waals surface area contributed by atoms with Gasteiger partial charge in [0.1, 0.15) is 11.6 Å². The molecular formula is C58H48N7O4Yb-. The Morgan fingerprint density at radius 1 is 0.386 bits per heavy atom. The second kappa shape index (κ2) is 26.3. The molecule has 354 valence electrons. The van der Waals surface area contributed by atoms with Crippen molar-refractivity contribution in [3.63, 3.8) is 0 Å². The van der Waals surface area contributed by atoms with Gasteiger partial charge in [-0.3, -0.25) is 0 Å². The molecule has 3 N–H and O–H groups in total. The van der Waals surface area contributed by atoms with Crippen LogP contribution < -0.4 is 30.4 Å². The maximum Gasteiger partial charge on any atom is 0.131 e. The van der Waals surface area contributed by atoms with Crippen LogP contribution in [0, 0.1) is 70.6 Å². The minimum Gasteiger partial charge on any atom is -0.628 e. The number of nitrogens with one attached hydrogen (secondary N) is 1. The molecule has 8 bridgehead atoms. The monoisotopic (exact) mass is 1080 g/mol. The van der Waals surface area contributed by atoms with Gasteiger partial charge in [0, 0.05) is 200 Å². The molecule has 0 unspecified atom stereocenters. The fraction of sp³-hybridized carbons (Fsp3) is 0.0517. The number of carbonyl (C=O) groups is 1. The molecule has 11 rings (SSSR count). The molecular weight excluding hydrogens is 1030 g/mol. The zero-order valence-electron chi connectivity index (χ0n) is 38.4. The third-order valence-electron chi connectivity index (χ3n) is 10.4. The van der Waals surface area contributed by atoms with Crippen molar-refractivity contribution in [1.29, 1.82) is 0 Å². The largest absolute Gasteiger partial charge is 0.628 e. The van der Waals surface area contributed by atoms with Gasteiger partial charge in [-0.25, -0.2) is 9.97 Å². The topological polar surface area (TPSA) is 175 Å². The van der Waals surface area contributed by atoms with E-state index in [1.807, 2.05) is 60.7 Å². The minimum absolute atomic E-state index is 0. The van der Waals surface area contributed by atoms with Crippen molar-refractivity contribution in [3.8, 4) is 0 Å². The van der Waals surface area contributed by atoms with E-state index >= 15 is 0 Å². The number of anilines is 2. The summed E-state index contributed by atoms with van der Waals surface area (Å²) in [6, 6.07) is 69.8. The molecule has 0 saturated carbocycles. The van der Waals surface area contributed by atoms with Crippen LogP contribution in [0.4, 0.5) is 11.6 Å². The Hall–Kier alpha value is -7.51. The quantitative estimate of drug-likeness (QED) is 0.137. The second-order valence-electron chi connectivity index (χ2n) is 14.9. The summed E-state index contributed by atoms with van der Waals surface area (Å²) < 4.78 is 0. The molecule has 10 aromatic rings. The van der Waals surface area contributed by atoms with Crippen molar-refractivity contribution < 1.29 is 67.0 Å². The molecule has 7 heterocycles. The molecule has 6 aromatic heterocycles. The summed E-state index contributed by atoms with van der Waals surface area (Å²) in [5.41, 5.74) is 11.1. The Morgan fingerprint density at radius 2 is 0.586 bits per heavy atom. The van der Waals surface area contributed by atoms with E-state index < -0.39 is 5.97 Å². The molecule has 1 aliphatic heterocycles. The smallest absolute Gasteiger partial charge is 0.131 e. The van der Waals surface area contributed by atoms with E-state index in [2.05, 4.69) is 161 Å². The van der Waals surface area contributed by atoms with Crippen LogP contribution in [0.2, 0.25) is 0 Å². The first-order chi connectivity index (χ1) is 34.0. The number of hydrogen-bond acceptors (Lipinski definition) is 7. The second-order valence-corrected chi connectivity index (χ2v) is 14.9. The van der Waals surface area contributed by atoms with Crippen LogP contribution in [0.25, 0.3) is 0 Å². The molecule has 0 saturated heterocycles. The third-order valence-corrected chi connectivity index (χ3v) is 10.4. The minimum atomic E-state index is -1.08. The molecule has 0 spiro atoms. The van der Waals surface area contributed by atoms with Crippen LogP contribution in [-0.4, -0.2) is 40.4 Å². The summed E-state index contributed by atoms with van der Waals surface area (Å²) >= 11 is 0. The molecule has 12 heteroatoms. The Morgan fingerprint density at radius 3 is 0.771 bits per heavy atom. The number of carboxylic acid groups (broad SMARTS) is 1. The number of aliphatic carboxylic acids is 1. The number of aliphatic hydroxyl groups is 2. The van der Waals surface area contributed by atoms with Crippen LogP contribution in [0.15, 0.2) is 219 Å². The average molecular weight is 1080 g/mol. The predicted octanol–water partition coefficient (Wildman–Crippen LogP) is 8.10. The first-order valence-corrected chi connectivity index (χ1v) is 21.9. The number of hydrogen-bond donors (Lipinski definition) is 3. The van der Waals surface area contributed by atoms with Crippen molar-refractivity contribution >= 4 is 17.6 Å². The number of pyridine rings is 2. The van der Waals surface area contributed by atoms with E-state index in [0.717, 1.165) is 124 Å². The summed E-state index contributed by atoms with van der Waals surface area (Å²) in [7, 11) is 2.00. The van der Waals surface area contributed by atoms with Crippen molar-refractivity contribution in [1.82, 2.24) is 29.9 Å². The van der Waals surface area contributed by atoms with Crippen LogP contribution in [0.5, 0.6) is 0 Å². The summed E-state index contributed by atoms with van der Waals surface area (Å²) in [6.45, 7) is 0.972. The SMILES string of the molecule is CC(=O)[O-].CO.CO.[Yb].c1ccc(Nc2ccccn2)nc1.c1ccc([C+]2c3ccc([n-]3)[C+](c3ccccc3)c3ccc([n-]3)[C+](c3ccccc3)c3ccc([n-]3)[C+](c3ccccc3)c3ccc2[n-]3)cc1. The maximum atomic E-state index is 8.89. The van der Waals surface area contributed by atoms with E-state index in [0.29, 0.717) is 0 Å². The van der Waals surface area contributed by atoms with Crippen molar-refractivity contribution in [2.45, 2.75) is 6.92 Å². The molecule has 11 nitrogen and oxygen atoms in total. The molecule has 0 radical (unpaired) electrons. The van der Waals surface area contributed by atoms with Crippen molar-refractivity contribution in [2.75, 3.05) is 19.5 Å². The van der Waals surface area contributed by atoms with Crippen LogP contribution in [-0.2, 0) is 4.79 Å². The number of carboxylic acids is 1. The molecule has 0 fully saturated rings. The van der Waals surface area contributed by atoms with Gasteiger partial charge in [0.05, 0.1) is 22.3 Å². The fourth-order valence-corrected chi connectivity index (χ4v) is 7.69. The summed E-state index contributed by atoms with van der Waals surface area (Å²) in [4.78, 5) is 38.4. The van der Waals surface area contributed by atoms with Crippen molar-refractivity contribution in [2.24, 2.45) is 0 Å². The predicted molar refractivity (Wildman–Crippen MR) is 266 cm³/mol. The van der Waals surface area contributed by atoms with Gasteiger partial charge in [-0.05, 0) is 150 Å².